The highest BCUT2D eigenvalue weighted by molar-refractivity contribution is 6.02. The second kappa shape index (κ2) is 19.1. The smallest absolute Gasteiger partial charge is 0.410 e. The Morgan fingerprint density at radius 2 is 1.87 bits per heavy atom. The van der Waals surface area contributed by atoms with Crippen LogP contribution in [-0.2, 0) is 20.9 Å². The fourth-order valence-corrected chi connectivity index (χ4v) is 8.85. The Kier molecular flexibility index (Phi) is 14.1. The SMILES string of the molecule is C=CCO[C@@]12Oc3ccc(OCCN4CC4)cc3[C@H]3[C@H](CCCCO)[C@@H](CCCCO)C=C(C(=NOC)C[C@@H]1N(CCC)C(=O)OCc1ccccc1)[C@H]32. The van der Waals surface area contributed by atoms with Crippen LogP contribution in [0.1, 0.15) is 75.3 Å². The second-order valence-electron chi connectivity index (χ2n) is 14.9. The number of amides is 1. The molecule has 2 N–H and O–H groups in total. The molecule has 6 rings (SSSR count). The third-order valence-corrected chi connectivity index (χ3v) is 11.3. The molecule has 0 bridgehead atoms. The van der Waals surface area contributed by atoms with E-state index in [4.69, 9.17) is 23.8 Å². The van der Waals surface area contributed by atoms with Crippen molar-refractivity contribution in [1.82, 2.24) is 9.80 Å². The molecule has 2 heterocycles. The van der Waals surface area contributed by atoms with Crippen molar-refractivity contribution in [2.75, 3.05) is 59.7 Å². The molecule has 6 atom stereocenters. The highest BCUT2D eigenvalue weighted by Crippen LogP contribution is 2.62. The molecule has 4 aliphatic rings. The molecular formula is C43H59N3O8. The number of unbranched alkanes of at least 4 members (excludes halogenated alkanes) is 2. The number of carbonyl (C=O) groups excluding carboxylic acids is 1. The molecule has 1 amide bonds. The Labute approximate surface area is 320 Å². The molecule has 0 aromatic heterocycles. The van der Waals surface area contributed by atoms with Gasteiger partial charge in [0.25, 0.3) is 0 Å². The summed E-state index contributed by atoms with van der Waals surface area (Å²) >= 11 is 0. The van der Waals surface area contributed by atoms with Crippen LogP contribution in [0.3, 0.4) is 0 Å². The van der Waals surface area contributed by atoms with Crippen LogP contribution >= 0.6 is 0 Å². The molecule has 1 saturated heterocycles. The first-order valence-corrected chi connectivity index (χ1v) is 19.9. The number of nitrogens with zero attached hydrogens (tertiary/aromatic N) is 3. The number of allylic oxidation sites excluding steroid dienone is 1. The lowest BCUT2D eigenvalue weighted by atomic mass is 9.55. The number of aliphatic hydroxyl groups is 2. The largest absolute Gasteiger partial charge is 0.492 e. The molecule has 0 spiro atoms. The maximum Gasteiger partial charge on any atom is 0.410 e. The fourth-order valence-electron chi connectivity index (χ4n) is 8.85. The van der Waals surface area contributed by atoms with E-state index in [1.807, 2.05) is 49.4 Å². The lowest BCUT2D eigenvalue weighted by molar-refractivity contribution is -0.255. The number of fused-ring (bicyclic) bond motifs is 2. The number of ether oxygens (including phenoxy) is 4. The number of hydrogen-bond donors (Lipinski definition) is 2. The molecule has 294 valence electrons. The quantitative estimate of drug-likeness (QED) is 0.0623. The second-order valence-corrected chi connectivity index (χ2v) is 14.9. The Balaban J connectivity index is 1.50. The molecule has 2 aromatic rings. The van der Waals surface area contributed by atoms with E-state index in [0.717, 1.165) is 79.9 Å². The molecule has 0 unspecified atom stereocenters. The Morgan fingerprint density at radius 3 is 2.57 bits per heavy atom. The minimum absolute atomic E-state index is 0.110. The highest BCUT2D eigenvalue weighted by atomic mass is 16.7. The van der Waals surface area contributed by atoms with Gasteiger partial charge in [0, 0.05) is 57.3 Å². The number of hydrogen-bond acceptors (Lipinski definition) is 10. The van der Waals surface area contributed by atoms with Crippen LogP contribution < -0.4 is 9.47 Å². The van der Waals surface area contributed by atoms with Gasteiger partial charge in [-0.25, -0.2) is 4.79 Å². The molecular weight excluding hydrogens is 686 g/mol. The number of carbonyl (C=O) groups is 1. The highest BCUT2D eigenvalue weighted by Gasteiger charge is 2.65. The summed E-state index contributed by atoms with van der Waals surface area (Å²) in [6.45, 7) is 10.8. The average molecular weight is 746 g/mol. The van der Waals surface area contributed by atoms with Gasteiger partial charge in [0.05, 0.1) is 18.2 Å². The predicted molar refractivity (Wildman–Crippen MR) is 208 cm³/mol. The molecule has 2 aliphatic carbocycles. The van der Waals surface area contributed by atoms with Crippen molar-refractivity contribution in [1.29, 1.82) is 0 Å². The van der Waals surface area contributed by atoms with E-state index in [2.05, 4.69) is 28.8 Å². The van der Waals surface area contributed by atoms with E-state index in [1.165, 1.54) is 0 Å². The van der Waals surface area contributed by atoms with E-state index >= 15 is 0 Å². The zero-order valence-electron chi connectivity index (χ0n) is 32.1. The molecule has 11 heteroatoms. The Bertz CT molecular complexity index is 1600. The van der Waals surface area contributed by atoms with Gasteiger partial charge in [-0.05, 0) is 73.3 Å². The topological polar surface area (TPSA) is 122 Å². The number of oxime groups is 1. The van der Waals surface area contributed by atoms with E-state index in [-0.39, 0.29) is 50.1 Å². The summed E-state index contributed by atoms with van der Waals surface area (Å²) in [5.41, 5.74) is 3.70. The van der Waals surface area contributed by atoms with E-state index in [9.17, 15) is 15.0 Å². The minimum Gasteiger partial charge on any atom is -0.492 e. The van der Waals surface area contributed by atoms with Crippen molar-refractivity contribution >= 4 is 11.8 Å². The Morgan fingerprint density at radius 1 is 1.09 bits per heavy atom. The lowest BCUT2D eigenvalue weighted by Gasteiger charge is -2.59. The van der Waals surface area contributed by atoms with Crippen LogP contribution in [0.25, 0.3) is 0 Å². The van der Waals surface area contributed by atoms with Gasteiger partial charge >= 0.3 is 6.09 Å². The fraction of sp³-hybridized carbons (Fsp3) is 0.581. The number of benzene rings is 2. The average Bonchev–Trinajstić information content (AvgIpc) is 4.02. The molecule has 2 fully saturated rings. The number of aliphatic hydroxyl groups excluding tert-OH is 2. The predicted octanol–water partition coefficient (Wildman–Crippen LogP) is 6.69. The summed E-state index contributed by atoms with van der Waals surface area (Å²) in [4.78, 5) is 24.0. The van der Waals surface area contributed by atoms with Crippen molar-refractivity contribution in [3.05, 3.63) is 84.0 Å². The first-order chi connectivity index (χ1) is 26.5. The van der Waals surface area contributed by atoms with Crippen LogP contribution in [0, 0.1) is 17.8 Å². The van der Waals surface area contributed by atoms with Crippen molar-refractivity contribution in [3.8, 4) is 11.5 Å². The van der Waals surface area contributed by atoms with Crippen LogP contribution in [0.15, 0.2) is 78.0 Å². The summed E-state index contributed by atoms with van der Waals surface area (Å²) < 4.78 is 26.6. The van der Waals surface area contributed by atoms with Crippen molar-refractivity contribution in [3.63, 3.8) is 0 Å². The molecule has 0 radical (unpaired) electrons. The third kappa shape index (κ3) is 8.96. The van der Waals surface area contributed by atoms with Gasteiger partial charge in [0.15, 0.2) is 0 Å². The maximum absolute atomic E-state index is 14.3. The van der Waals surface area contributed by atoms with E-state index in [0.29, 0.717) is 38.2 Å². The van der Waals surface area contributed by atoms with Gasteiger partial charge in [-0.1, -0.05) is 67.4 Å². The summed E-state index contributed by atoms with van der Waals surface area (Å²) in [7, 11) is 1.56. The summed E-state index contributed by atoms with van der Waals surface area (Å²) in [5, 5.41) is 24.3. The molecule has 54 heavy (non-hydrogen) atoms. The zero-order chi connectivity index (χ0) is 37.9. The normalized spacial score (nSPS) is 26.2. The first-order valence-electron chi connectivity index (χ1n) is 19.9. The van der Waals surface area contributed by atoms with Crippen LogP contribution in [0.2, 0.25) is 0 Å². The molecule has 1 saturated carbocycles. The number of rotatable bonds is 21. The van der Waals surface area contributed by atoms with Gasteiger partial charge in [0.2, 0.25) is 5.79 Å². The van der Waals surface area contributed by atoms with E-state index in [1.54, 1.807) is 18.1 Å². The van der Waals surface area contributed by atoms with Gasteiger partial charge in [-0.2, -0.15) is 0 Å². The van der Waals surface area contributed by atoms with Gasteiger partial charge < -0.3 is 34.0 Å². The van der Waals surface area contributed by atoms with Crippen LogP contribution in [0.4, 0.5) is 4.79 Å². The zero-order valence-corrected chi connectivity index (χ0v) is 32.1. The van der Waals surface area contributed by atoms with Crippen molar-refractivity contribution in [2.45, 2.75) is 82.6 Å². The van der Waals surface area contributed by atoms with Crippen LogP contribution in [-0.4, -0.2) is 103 Å². The van der Waals surface area contributed by atoms with Gasteiger partial charge in [0.1, 0.15) is 37.9 Å². The summed E-state index contributed by atoms with van der Waals surface area (Å²) in [6, 6.07) is 15.2. The van der Waals surface area contributed by atoms with Crippen molar-refractivity contribution in [2.24, 2.45) is 22.9 Å². The van der Waals surface area contributed by atoms with Crippen LogP contribution in [0.5, 0.6) is 11.5 Å². The van der Waals surface area contributed by atoms with Gasteiger partial charge in [-0.15, -0.1) is 6.58 Å². The monoisotopic (exact) mass is 745 g/mol. The Hall–Kier alpha value is -3.90. The third-order valence-electron chi connectivity index (χ3n) is 11.3. The molecule has 11 nitrogen and oxygen atoms in total. The van der Waals surface area contributed by atoms with E-state index < -0.39 is 17.9 Å². The first kappa shape index (κ1) is 39.8. The minimum atomic E-state index is -1.32. The maximum atomic E-state index is 14.3. The lowest BCUT2D eigenvalue weighted by Crippen LogP contribution is -2.70. The molecule has 2 aliphatic heterocycles. The molecule has 2 aromatic carbocycles. The standard InChI is InChI=1S/C43H59N3O8/c1-4-19-46(42(49)52-30-31-13-7-6-8-14-31)39-29-37(44-50-3)35-27-32(15-9-11-23-47)34(16-10-12-24-48)40-36-28-33(51-26-22-45-20-21-45)17-18-38(36)54-43(39,41(35)40)53-25-5-2/h5-8,13-14,17-18,27-28,32,34,39-41,47-48H,2,4,9-12,15-16,19-26,29-30H2,1,3H3/t32-,34+,39-,40+,41+,43+/m0/s1. The van der Waals surface area contributed by atoms with Gasteiger partial charge in [-0.3, -0.25) is 9.80 Å². The summed E-state index contributed by atoms with van der Waals surface area (Å²) in [5.74, 6) is -0.0244. The summed E-state index contributed by atoms with van der Waals surface area (Å²) in [6.07, 6.45) is 9.53. The van der Waals surface area contributed by atoms with Crippen molar-refractivity contribution < 1.29 is 38.8 Å².